The van der Waals surface area contributed by atoms with Gasteiger partial charge < -0.3 is 10.2 Å². The number of benzene rings is 1. The molecule has 0 spiro atoms. The van der Waals surface area contributed by atoms with Crippen LogP contribution in [0.25, 0.3) is 11.2 Å². The van der Waals surface area contributed by atoms with Gasteiger partial charge in [0, 0.05) is 0 Å². The molecular formula is C19H16ClN5O2. The smallest absolute Gasteiger partial charge is 0.140 e. The zero-order valence-corrected chi connectivity index (χ0v) is 15.0. The summed E-state index contributed by atoms with van der Waals surface area (Å²) in [7, 11) is 0. The molecule has 0 radical (unpaired) electrons. The third-order valence-electron chi connectivity index (χ3n) is 4.92. The van der Waals surface area contributed by atoms with Gasteiger partial charge in [0.2, 0.25) is 0 Å². The number of hydrogen-bond acceptors (Lipinski definition) is 5. The van der Waals surface area contributed by atoms with Crippen LogP contribution in [-0.2, 0) is 0 Å². The van der Waals surface area contributed by atoms with Gasteiger partial charge in [-0.25, -0.2) is 9.67 Å². The number of aromatic nitrogens is 5. The second-order valence-corrected chi connectivity index (χ2v) is 7.17. The van der Waals surface area contributed by atoms with E-state index in [-0.39, 0.29) is 10.8 Å². The highest BCUT2D eigenvalue weighted by atomic mass is 35.5. The van der Waals surface area contributed by atoms with Crippen LogP contribution in [-0.4, -0.2) is 34.6 Å². The van der Waals surface area contributed by atoms with E-state index in [2.05, 4.69) is 21.4 Å². The van der Waals surface area contributed by atoms with Crippen LogP contribution >= 0.6 is 11.6 Å². The van der Waals surface area contributed by atoms with E-state index in [1.807, 2.05) is 10.5 Å². The van der Waals surface area contributed by atoms with Crippen LogP contribution < -0.4 is 0 Å². The molecule has 8 heteroatoms. The lowest BCUT2D eigenvalue weighted by Gasteiger charge is -2.16. The molecule has 0 unspecified atom stereocenters. The van der Waals surface area contributed by atoms with Crippen molar-refractivity contribution >= 4 is 17.1 Å². The first-order valence-corrected chi connectivity index (χ1v) is 9.03. The SMILES string of the molecule is Oc1ccc(-n2cc([C@H](O)c3c(C4CC4)ccc4cncn34)nn2)cc1Cl. The molecule has 1 aliphatic carbocycles. The largest absolute Gasteiger partial charge is 0.506 e. The van der Waals surface area contributed by atoms with Crippen LogP contribution in [0.3, 0.4) is 0 Å². The molecule has 4 aromatic rings. The van der Waals surface area contributed by atoms with Crippen molar-refractivity contribution in [2.24, 2.45) is 0 Å². The second-order valence-electron chi connectivity index (χ2n) is 6.76. The van der Waals surface area contributed by atoms with Gasteiger partial charge in [0.15, 0.2) is 0 Å². The third-order valence-corrected chi connectivity index (χ3v) is 5.22. The van der Waals surface area contributed by atoms with Gasteiger partial charge in [0.05, 0.1) is 40.6 Å². The zero-order chi connectivity index (χ0) is 18.5. The summed E-state index contributed by atoms with van der Waals surface area (Å²) >= 11 is 5.97. The van der Waals surface area contributed by atoms with Crippen LogP contribution in [0.5, 0.6) is 5.75 Å². The monoisotopic (exact) mass is 381 g/mol. The van der Waals surface area contributed by atoms with E-state index in [0.29, 0.717) is 17.3 Å². The fourth-order valence-corrected chi connectivity index (χ4v) is 3.54. The molecule has 1 fully saturated rings. The molecule has 7 nitrogen and oxygen atoms in total. The Labute approximate surface area is 159 Å². The van der Waals surface area contributed by atoms with Gasteiger partial charge in [-0.05, 0) is 48.6 Å². The summed E-state index contributed by atoms with van der Waals surface area (Å²) in [4.78, 5) is 4.20. The zero-order valence-electron chi connectivity index (χ0n) is 14.2. The molecule has 1 aliphatic rings. The lowest BCUT2D eigenvalue weighted by atomic mass is 10.0. The summed E-state index contributed by atoms with van der Waals surface area (Å²) in [6.07, 6.45) is 6.46. The van der Waals surface area contributed by atoms with Gasteiger partial charge >= 0.3 is 0 Å². The van der Waals surface area contributed by atoms with E-state index in [4.69, 9.17) is 11.6 Å². The standard InChI is InChI=1S/C19H16ClN5O2/c20-15-7-12(4-6-17(15)26)25-9-16(22-23-25)19(27)18-14(11-1-2-11)5-3-13-8-21-10-24(13)18/h3-11,19,26-27H,1-2H2/t19-/m0/s1. The predicted octanol–water partition coefficient (Wildman–Crippen LogP) is 3.23. The molecule has 5 rings (SSSR count). The first kappa shape index (κ1) is 16.3. The van der Waals surface area contributed by atoms with Gasteiger partial charge in [0.25, 0.3) is 0 Å². The van der Waals surface area contributed by atoms with E-state index in [9.17, 15) is 10.2 Å². The Morgan fingerprint density at radius 2 is 2.04 bits per heavy atom. The van der Waals surface area contributed by atoms with E-state index >= 15 is 0 Å². The number of hydrogen-bond donors (Lipinski definition) is 2. The second kappa shape index (κ2) is 6.07. The number of phenols is 1. The number of pyridine rings is 1. The van der Waals surface area contributed by atoms with Gasteiger partial charge in [0.1, 0.15) is 17.5 Å². The Kier molecular flexibility index (Phi) is 3.66. The predicted molar refractivity (Wildman–Crippen MR) is 99.3 cm³/mol. The summed E-state index contributed by atoms with van der Waals surface area (Å²) in [5.74, 6) is 0.467. The van der Waals surface area contributed by atoms with Crippen molar-refractivity contribution in [2.75, 3.05) is 0 Å². The molecule has 0 bridgehead atoms. The number of aliphatic hydroxyl groups is 1. The molecule has 136 valence electrons. The van der Waals surface area contributed by atoms with E-state index in [0.717, 1.165) is 29.6 Å². The molecule has 0 saturated heterocycles. The average molecular weight is 382 g/mol. The molecular weight excluding hydrogens is 366 g/mol. The topological polar surface area (TPSA) is 88.5 Å². The number of halogens is 1. The fraction of sp³-hybridized carbons (Fsp3) is 0.211. The number of aliphatic hydroxyl groups excluding tert-OH is 1. The molecule has 0 amide bonds. The Hall–Kier alpha value is -2.90. The van der Waals surface area contributed by atoms with Gasteiger partial charge in [-0.15, -0.1) is 5.10 Å². The number of aromatic hydroxyl groups is 1. The number of imidazole rings is 1. The minimum absolute atomic E-state index is 0.00153. The van der Waals surface area contributed by atoms with Crippen LogP contribution in [0.15, 0.2) is 49.1 Å². The van der Waals surface area contributed by atoms with Gasteiger partial charge in [-0.1, -0.05) is 22.9 Å². The number of nitrogens with zero attached hydrogens (tertiary/aromatic N) is 5. The maximum Gasteiger partial charge on any atom is 0.140 e. The average Bonchev–Trinajstić information content (AvgIpc) is 3.19. The normalized spacial score (nSPS) is 15.3. The molecule has 3 heterocycles. The number of fused-ring (bicyclic) bond motifs is 1. The lowest BCUT2D eigenvalue weighted by molar-refractivity contribution is 0.207. The lowest BCUT2D eigenvalue weighted by Crippen LogP contribution is -2.10. The maximum atomic E-state index is 11.1. The Bertz CT molecular complexity index is 1150. The van der Waals surface area contributed by atoms with Crippen molar-refractivity contribution in [3.63, 3.8) is 0 Å². The van der Waals surface area contributed by atoms with E-state index < -0.39 is 6.10 Å². The summed E-state index contributed by atoms with van der Waals surface area (Å²) in [5.41, 5.74) is 3.90. The maximum absolute atomic E-state index is 11.1. The van der Waals surface area contributed by atoms with Crippen LogP contribution in [0, 0.1) is 0 Å². The van der Waals surface area contributed by atoms with Gasteiger partial charge in [-0.2, -0.15) is 0 Å². The molecule has 2 N–H and O–H groups in total. The van der Waals surface area contributed by atoms with Crippen LogP contribution in [0.1, 0.15) is 41.8 Å². The summed E-state index contributed by atoms with van der Waals surface area (Å²) in [6, 6.07) is 8.85. The van der Waals surface area contributed by atoms with Crippen molar-refractivity contribution in [1.82, 2.24) is 24.4 Å². The van der Waals surface area contributed by atoms with Crippen molar-refractivity contribution in [1.29, 1.82) is 0 Å². The van der Waals surface area contributed by atoms with Crippen molar-refractivity contribution in [2.45, 2.75) is 24.9 Å². The number of phenolic OH excluding ortho intramolecular Hbond substituents is 1. The minimum atomic E-state index is -0.931. The number of rotatable bonds is 4. The minimum Gasteiger partial charge on any atom is -0.506 e. The van der Waals surface area contributed by atoms with Crippen molar-refractivity contribution < 1.29 is 10.2 Å². The quantitative estimate of drug-likeness (QED) is 0.566. The Morgan fingerprint density at radius 1 is 1.19 bits per heavy atom. The third kappa shape index (κ3) is 2.75. The summed E-state index contributed by atoms with van der Waals surface area (Å²) < 4.78 is 3.43. The highest BCUT2D eigenvalue weighted by Gasteiger charge is 2.31. The molecule has 27 heavy (non-hydrogen) atoms. The van der Waals surface area contributed by atoms with E-state index in [1.54, 1.807) is 30.9 Å². The van der Waals surface area contributed by atoms with Crippen LogP contribution in [0.4, 0.5) is 0 Å². The summed E-state index contributed by atoms with van der Waals surface area (Å²) in [6.45, 7) is 0. The Morgan fingerprint density at radius 3 is 2.81 bits per heavy atom. The molecule has 1 aromatic carbocycles. The highest BCUT2D eigenvalue weighted by Crippen LogP contribution is 2.44. The molecule has 3 aromatic heterocycles. The van der Waals surface area contributed by atoms with Crippen LogP contribution in [0.2, 0.25) is 5.02 Å². The highest BCUT2D eigenvalue weighted by molar-refractivity contribution is 6.32. The molecule has 0 aliphatic heterocycles. The fourth-order valence-electron chi connectivity index (χ4n) is 3.37. The van der Waals surface area contributed by atoms with Gasteiger partial charge in [-0.3, -0.25) is 4.40 Å². The van der Waals surface area contributed by atoms with E-state index in [1.165, 1.54) is 10.7 Å². The van der Waals surface area contributed by atoms with Crippen molar-refractivity contribution in [3.8, 4) is 11.4 Å². The first-order valence-electron chi connectivity index (χ1n) is 8.66. The molecule has 1 atom stereocenters. The summed E-state index contributed by atoms with van der Waals surface area (Å²) in [5, 5.41) is 29.2. The Balaban J connectivity index is 1.57. The van der Waals surface area contributed by atoms with Crippen molar-refractivity contribution in [3.05, 3.63) is 71.0 Å². The first-order chi connectivity index (χ1) is 13.1. The molecule has 1 saturated carbocycles.